The lowest BCUT2D eigenvalue weighted by Gasteiger charge is -2.28. The van der Waals surface area contributed by atoms with Gasteiger partial charge in [0.05, 0.1) is 42.7 Å². The molecule has 0 radical (unpaired) electrons. The van der Waals surface area contributed by atoms with Crippen LogP contribution in [-0.2, 0) is 4.74 Å². The fraction of sp³-hybridized carbons (Fsp3) is 0.357. The number of aromatic nitrogens is 1. The molecular formula is C28H31N3O4S. The molecule has 1 fully saturated rings. The topological polar surface area (TPSA) is 64.1 Å². The van der Waals surface area contributed by atoms with E-state index in [9.17, 15) is 4.79 Å². The average Bonchev–Trinajstić information content (AvgIpc) is 3.34. The van der Waals surface area contributed by atoms with Gasteiger partial charge in [-0.3, -0.25) is 14.6 Å². The normalized spacial score (nSPS) is 14.3. The van der Waals surface area contributed by atoms with Gasteiger partial charge in [0.1, 0.15) is 11.5 Å². The molecule has 1 aliphatic rings. The Bertz CT molecular complexity index is 1350. The largest absolute Gasteiger partial charge is 0.496 e. The highest BCUT2D eigenvalue weighted by Crippen LogP contribution is 2.34. The van der Waals surface area contributed by atoms with E-state index in [2.05, 4.69) is 4.90 Å². The number of hydrogen-bond donors (Lipinski definition) is 0. The number of methoxy groups -OCH3 is 1. The Balaban J connectivity index is 1.48. The monoisotopic (exact) mass is 505 g/mol. The summed E-state index contributed by atoms with van der Waals surface area (Å²) in [6.07, 6.45) is 0.835. The van der Waals surface area contributed by atoms with Crippen molar-refractivity contribution in [2.45, 2.75) is 13.3 Å². The zero-order valence-corrected chi connectivity index (χ0v) is 21.6. The van der Waals surface area contributed by atoms with E-state index in [1.165, 1.54) is 11.3 Å². The van der Waals surface area contributed by atoms with Gasteiger partial charge in [-0.25, -0.2) is 4.98 Å². The number of nitrogens with zero attached hydrogens (tertiary/aromatic N) is 3. The predicted octanol–water partition coefficient (Wildman–Crippen LogP) is 5.23. The minimum Gasteiger partial charge on any atom is -0.496 e. The molecule has 0 bridgehead atoms. The lowest BCUT2D eigenvalue weighted by Crippen LogP contribution is -2.39. The summed E-state index contributed by atoms with van der Waals surface area (Å²) in [4.78, 5) is 23.1. The molecule has 1 saturated heterocycles. The number of fused-ring (bicyclic) bond motifs is 2. The van der Waals surface area contributed by atoms with Crippen LogP contribution in [0.5, 0.6) is 11.5 Å². The predicted molar refractivity (Wildman–Crippen MR) is 145 cm³/mol. The number of carbonyl (C=O) groups is 1. The van der Waals surface area contributed by atoms with Crippen LogP contribution in [0.2, 0.25) is 0 Å². The van der Waals surface area contributed by atoms with E-state index in [0.717, 1.165) is 66.0 Å². The van der Waals surface area contributed by atoms with Crippen molar-refractivity contribution in [3.63, 3.8) is 0 Å². The molecular weight excluding hydrogens is 474 g/mol. The molecule has 4 aromatic rings. The van der Waals surface area contributed by atoms with E-state index in [1.54, 1.807) is 12.0 Å². The highest BCUT2D eigenvalue weighted by Gasteiger charge is 2.25. The summed E-state index contributed by atoms with van der Waals surface area (Å²) >= 11 is 1.51. The number of thiazole rings is 1. The molecule has 5 rings (SSSR count). The second-order valence-electron chi connectivity index (χ2n) is 8.72. The van der Waals surface area contributed by atoms with E-state index in [-0.39, 0.29) is 5.91 Å². The number of amides is 1. The Morgan fingerprint density at radius 2 is 1.89 bits per heavy atom. The second-order valence-corrected chi connectivity index (χ2v) is 9.73. The molecule has 1 aliphatic heterocycles. The zero-order chi connectivity index (χ0) is 24.9. The third-order valence-corrected chi connectivity index (χ3v) is 7.43. The van der Waals surface area contributed by atoms with Crippen LogP contribution >= 0.6 is 11.3 Å². The highest BCUT2D eigenvalue weighted by molar-refractivity contribution is 7.22. The summed E-state index contributed by atoms with van der Waals surface area (Å²) in [5.74, 6) is 1.27. The van der Waals surface area contributed by atoms with E-state index >= 15 is 0 Å². The molecule has 0 spiro atoms. The van der Waals surface area contributed by atoms with Crippen LogP contribution in [0.15, 0.2) is 54.6 Å². The third-order valence-electron chi connectivity index (χ3n) is 6.39. The minimum absolute atomic E-state index is 0.108. The van der Waals surface area contributed by atoms with Crippen LogP contribution < -0.4 is 14.4 Å². The number of rotatable bonds is 9. The van der Waals surface area contributed by atoms with Crippen LogP contribution in [0, 0.1) is 0 Å². The van der Waals surface area contributed by atoms with Gasteiger partial charge < -0.3 is 14.2 Å². The molecule has 0 atom stereocenters. The quantitative estimate of drug-likeness (QED) is 0.311. The van der Waals surface area contributed by atoms with Crippen molar-refractivity contribution in [1.82, 2.24) is 9.88 Å². The van der Waals surface area contributed by atoms with Gasteiger partial charge in [0.25, 0.3) is 5.91 Å². The summed E-state index contributed by atoms with van der Waals surface area (Å²) in [6.45, 7) is 7.40. The first-order valence-electron chi connectivity index (χ1n) is 12.4. The molecule has 1 amide bonds. The maximum absolute atomic E-state index is 14.1. The first-order chi connectivity index (χ1) is 17.7. The lowest BCUT2D eigenvalue weighted by molar-refractivity contribution is 0.0376. The molecule has 36 heavy (non-hydrogen) atoms. The number of morpholine rings is 1. The Labute approximate surface area is 215 Å². The van der Waals surface area contributed by atoms with Crippen molar-refractivity contribution in [2.24, 2.45) is 0 Å². The highest BCUT2D eigenvalue weighted by atomic mass is 32.1. The minimum atomic E-state index is -0.108. The van der Waals surface area contributed by atoms with Crippen molar-refractivity contribution < 1.29 is 19.0 Å². The molecule has 2 heterocycles. The third kappa shape index (κ3) is 5.31. The maximum atomic E-state index is 14.1. The number of ether oxygens (including phenoxy) is 3. The van der Waals surface area contributed by atoms with E-state index in [0.29, 0.717) is 29.6 Å². The van der Waals surface area contributed by atoms with E-state index in [4.69, 9.17) is 19.2 Å². The fourth-order valence-corrected chi connectivity index (χ4v) is 5.55. The Morgan fingerprint density at radius 3 is 2.64 bits per heavy atom. The van der Waals surface area contributed by atoms with Gasteiger partial charge in [-0.05, 0) is 54.4 Å². The molecule has 188 valence electrons. The van der Waals surface area contributed by atoms with Crippen LogP contribution in [0.1, 0.15) is 23.7 Å². The van der Waals surface area contributed by atoms with Gasteiger partial charge in [0, 0.05) is 26.2 Å². The van der Waals surface area contributed by atoms with Crippen LogP contribution in [0.4, 0.5) is 5.13 Å². The summed E-state index contributed by atoms with van der Waals surface area (Å²) in [6, 6.07) is 17.7. The first kappa shape index (κ1) is 24.5. The molecule has 8 heteroatoms. The smallest absolute Gasteiger partial charge is 0.263 e. The zero-order valence-electron chi connectivity index (χ0n) is 20.7. The van der Waals surface area contributed by atoms with E-state index < -0.39 is 0 Å². The van der Waals surface area contributed by atoms with Crippen molar-refractivity contribution in [3.05, 3.63) is 60.2 Å². The Hall–Kier alpha value is -3.20. The fourth-order valence-electron chi connectivity index (χ4n) is 4.53. The van der Waals surface area contributed by atoms with Gasteiger partial charge in [-0.15, -0.1) is 0 Å². The van der Waals surface area contributed by atoms with Gasteiger partial charge >= 0.3 is 0 Å². The average molecular weight is 506 g/mol. The van der Waals surface area contributed by atoms with Crippen LogP contribution in [0.3, 0.4) is 0 Å². The SMILES string of the molecule is CCOc1ccc2nc(N(CCCN3CCOCC3)C(=O)c3cc4ccccc4cc3OC)sc2c1. The summed E-state index contributed by atoms with van der Waals surface area (Å²) in [5, 5.41) is 2.72. The van der Waals surface area contributed by atoms with Crippen molar-refractivity contribution >= 4 is 43.4 Å². The van der Waals surface area contributed by atoms with Crippen LogP contribution in [-0.4, -0.2) is 68.9 Å². The number of benzene rings is 3. The molecule has 0 N–H and O–H groups in total. The Kier molecular flexibility index (Phi) is 7.65. The molecule has 0 aliphatic carbocycles. The number of anilines is 1. The van der Waals surface area contributed by atoms with Gasteiger partial charge in [0.15, 0.2) is 5.13 Å². The summed E-state index contributed by atoms with van der Waals surface area (Å²) in [7, 11) is 1.61. The molecule has 1 aromatic heterocycles. The summed E-state index contributed by atoms with van der Waals surface area (Å²) < 4.78 is 17.8. The van der Waals surface area contributed by atoms with Crippen molar-refractivity contribution in [1.29, 1.82) is 0 Å². The summed E-state index contributed by atoms with van der Waals surface area (Å²) in [5.41, 5.74) is 1.40. The molecule has 0 unspecified atom stereocenters. The second kappa shape index (κ2) is 11.2. The molecule has 7 nitrogen and oxygen atoms in total. The lowest BCUT2D eigenvalue weighted by atomic mass is 10.0. The molecule has 3 aromatic carbocycles. The van der Waals surface area contributed by atoms with Crippen molar-refractivity contribution in [2.75, 3.05) is 58.0 Å². The van der Waals surface area contributed by atoms with E-state index in [1.807, 2.05) is 61.5 Å². The first-order valence-corrected chi connectivity index (χ1v) is 13.2. The van der Waals surface area contributed by atoms with Gasteiger partial charge in [0.2, 0.25) is 0 Å². The number of hydrogen-bond acceptors (Lipinski definition) is 7. The van der Waals surface area contributed by atoms with Crippen LogP contribution in [0.25, 0.3) is 21.0 Å². The Morgan fingerprint density at radius 1 is 1.11 bits per heavy atom. The molecule has 0 saturated carbocycles. The van der Waals surface area contributed by atoms with Gasteiger partial charge in [-0.1, -0.05) is 35.6 Å². The van der Waals surface area contributed by atoms with Gasteiger partial charge in [-0.2, -0.15) is 0 Å². The maximum Gasteiger partial charge on any atom is 0.263 e. The van der Waals surface area contributed by atoms with Crippen molar-refractivity contribution in [3.8, 4) is 11.5 Å². The number of carbonyl (C=O) groups excluding carboxylic acids is 1. The standard InChI is InChI=1S/C28H31N3O4S/c1-3-35-22-9-10-24-26(19-22)36-28(29-24)31(12-6-11-30-13-15-34-16-14-30)27(32)23-17-20-7-4-5-8-21(20)18-25(23)33-2/h4-5,7-10,17-19H,3,6,11-16H2,1-2H3.